The third-order valence-electron chi connectivity index (χ3n) is 1.59. The molecule has 13 heavy (non-hydrogen) atoms. The molecule has 0 aromatic carbocycles. The van der Waals surface area contributed by atoms with Gasteiger partial charge in [0, 0.05) is 18.7 Å². The first kappa shape index (κ1) is 12.2. The van der Waals surface area contributed by atoms with E-state index in [-0.39, 0.29) is 0 Å². The minimum atomic E-state index is 0.323. The minimum Gasteiger partial charge on any atom is -0.387 e. The lowest BCUT2D eigenvalue weighted by atomic mass is 10.2. The molecule has 3 nitrogen and oxygen atoms in total. The van der Waals surface area contributed by atoms with Crippen LogP contribution in [0.2, 0.25) is 0 Å². The standard InChI is InChI=1S/C10H21N3/c1-8(2)10(11)12-6-9(3)7-13(4)5/h6,8H,7H2,1-5H3,(H2,11,12)/b9-6+. The molecule has 3 heteroatoms. The SMILES string of the molecule is C/C(=C\N=C(N)C(C)C)CN(C)C. The predicted octanol–water partition coefficient (Wildman–Crippen LogP) is 1.47. The van der Waals surface area contributed by atoms with Crippen LogP contribution in [0.5, 0.6) is 0 Å². The quantitative estimate of drug-likeness (QED) is 0.529. The van der Waals surface area contributed by atoms with Crippen LogP contribution in [0.4, 0.5) is 0 Å². The largest absolute Gasteiger partial charge is 0.387 e. The molecule has 0 bridgehead atoms. The van der Waals surface area contributed by atoms with Crippen molar-refractivity contribution in [2.75, 3.05) is 20.6 Å². The van der Waals surface area contributed by atoms with Gasteiger partial charge in [-0.3, -0.25) is 0 Å². The molecule has 0 saturated carbocycles. The molecule has 76 valence electrons. The maximum Gasteiger partial charge on any atom is 0.101 e. The van der Waals surface area contributed by atoms with E-state index >= 15 is 0 Å². The first-order chi connectivity index (χ1) is 5.93. The fourth-order valence-corrected chi connectivity index (χ4v) is 0.873. The summed E-state index contributed by atoms with van der Waals surface area (Å²) in [7, 11) is 4.07. The van der Waals surface area contributed by atoms with Gasteiger partial charge in [0.2, 0.25) is 0 Å². The molecule has 0 fully saturated rings. The van der Waals surface area contributed by atoms with Crippen LogP contribution in [0.1, 0.15) is 20.8 Å². The Bertz CT molecular complexity index is 202. The van der Waals surface area contributed by atoms with Crippen LogP contribution >= 0.6 is 0 Å². The lowest BCUT2D eigenvalue weighted by Crippen LogP contribution is -2.18. The van der Waals surface area contributed by atoms with Crippen molar-refractivity contribution in [2.45, 2.75) is 20.8 Å². The van der Waals surface area contributed by atoms with Gasteiger partial charge in [-0.05, 0) is 26.6 Å². The molecule has 0 aliphatic heterocycles. The van der Waals surface area contributed by atoms with Crippen molar-refractivity contribution in [3.8, 4) is 0 Å². The van der Waals surface area contributed by atoms with Crippen molar-refractivity contribution in [3.05, 3.63) is 11.8 Å². The van der Waals surface area contributed by atoms with E-state index < -0.39 is 0 Å². The van der Waals surface area contributed by atoms with E-state index in [1.165, 1.54) is 5.57 Å². The molecule has 0 heterocycles. The molecule has 0 rings (SSSR count). The second-order valence-electron chi connectivity index (χ2n) is 3.92. The molecule has 0 aromatic heterocycles. The number of hydrogen-bond donors (Lipinski definition) is 1. The topological polar surface area (TPSA) is 41.6 Å². The number of amidine groups is 1. The van der Waals surface area contributed by atoms with Gasteiger partial charge < -0.3 is 10.6 Å². The summed E-state index contributed by atoms with van der Waals surface area (Å²) in [6.07, 6.45) is 1.84. The second-order valence-corrected chi connectivity index (χ2v) is 3.92. The fourth-order valence-electron chi connectivity index (χ4n) is 0.873. The Morgan fingerprint density at radius 1 is 1.46 bits per heavy atom. The van der Waals surface area contributed by atoms with Gasteiger partial charge in [-0.15, -0.1) is 0 Å². The Balaban J connectivity index is 4.16. The van der Waals surface area contributed by atoms with Crippen LogP contribution in [0.25, 0.3) is 0 Å². The summed E-state index contributed by atoms with van der Waals surface area (Å²) in [4.78, 5) is 6.29. The highest BCUT2D eigenvalue weighted by molar-refractivity contribution is 5.82. The Hall–Kier alpha value is -0.830. The normalized spacial score (nSPS) is 14.4. The summed E-state index contributed by atoms with van der Waals surface area (Å²) in [5, 5.41) is 0. The predicted molar refractivity (Wildman–Crippen MR) is 58.8 cm³/mol. The Labute approximate surface area is 81.3 Å². The van der Waals surface area contributed by atoms with Gasteiger partial charge in [0.25, 0.3) is 0 Å². The average Bonchev–Trinajstić information content (AvgIpc) is 1.98. The molecule has 0 saturated heterocycles. The lowest BCUT2D eigenvalue weighted by molar-refractivity contribution is 0.445. The van der Waals surface area contributed by atoms with Crippen molar-refractivity contribution in [1.82, 2.24) is 4.90 Å². The number of aliphatic imine (C=N–C) groups is 1. The number of likely N-dealkylation sites (N-methyl/N-ethyl adjacent to an activating group) is 1. The van der Waals surface area contributed by atoms with Crippen LogP contribution in [-0.4, -0.2) is 31.4 Å². The van der Waals surface area contributed by atoms with Crippen LogP contribution in [0.15, 0.2) is 16.8 Å². The van der Waals surface area contributed by atoms with E-state index in [0.717, 1.165) is 6.54 Å². The van der Waals surface area contributed by atoms with E-state index in [1.807, 2.05) is 34.1 Å². The number of hydrogen-bond acceptors (Lipinski definition) is 2. The maximum absolute atomic E-state index is 5.69. The summed E-state index contributed by atoms with van der Waals surface area (Å²) in [6, 6.07) is 0. The summed E-state index contributed by atoms with van der Waals surface area (Å²) >= 11 is 0. The van der Waals surface area contributed by atoms with Crippen LogP contribution in [0, 0.1) is 5.92 Å². The molecule has 0 aromatic rings. The second kappa shape index (κ2) is 5.75. The molecule has 0 spiro atoms. The highest BCUT2D eigenvalue weighted by Crippen LogP contribution is 1.97. The van der Waals surface area contributed by atoms with Crippen LogP contribution in [-0.2, 0) is 0 Å². The van der Waals surface area contributed by atoms with Gasteiger partial charge in [-0.1, -0.05) is 13.8 Å². The van der Waals surface area contributed by atoms with Gasteiger partial charge >= 0.3 is 0 Å². The third kappa shape index (κ3) is 6.34. The van der Waals surface area contributed by atoms with Crippen molar-refractivity contribution < 1.29 is 0 Å². The molecule has 0 radical (unpaired) electrons. The zero-order chi connectivity index (χ0) is 10.4. The lowest BCUT2D eigenvalue weighted by Gasteiger charge is -2.08. The van der Waals surface area contributed by atoms with Gasteiger partial charge in [0.05, 0.1) is 0 Å². The Kier molecular flexibility index (Phi) is 5.39. The number of rotatable bonds is 4. The van der Waals surface area contributed by atoms with Crippen molar-refractivity contribution in [1.29, 1.82) is 0 Å². The first-order valence-electron chi connectivity index (χ1n) is 4.57. The van der Waals surface area contributed by atoms with Gasteiger partial charge in [0.1, 0.15) is 5.84 Å². The van der Waals surface area contributed by atoms with Crippen molar-refractivity contribution in [2.24, 2.45) is 16.6 Å². The average molecular weight is 183 g/mol. The van der Waals surface area contributed by atoms with Crippen molar-refractivity contribution in [3.63, 3.8) is 0 Å². The van der Waals surface area contributed by atoms with E-state index in [1.54, 1.807) is 0 Å². The minimum absolute atomic E-state index is 0.323. The first-order valence-corrected chi connectivity index (χ1v) is 4.57. The van der Waals surface area contributed by atoms with Crippen LogP contribution < -0.4 is 5.73 Å². The smallest absolute Gasteiger partial charge is 0.101 e. The molecule has 0 amide bonds. The Morgan fingerprint density at radius 3 is 2.38 bits per heavy atom. The summed E-state index contributed by atoms with van der Waals surface area (Å²) in [5.41, 5.74) is 6.90. The van der Waals surface area contributed by atoms with E-state index in [4.69, 9.17) is 5.73 Å². The fraction of sp³-hybridized carbons (Fsp3) is 0.700. The van der Waals surface area contributed by atoms with Gasteiger partial charge in [0.15, 0.2) is 0 Å². The molecular weight excluding hydrogens is 162 g/mol. The highest BCUT2D eigenvalue weighted by Gasteiger charge is 1.97. The monoisotopic (exact) mass is 183 g/mol. The Morgan fingerprint density at radius 2 is 2.00 bits per heavy atom. The zero-order valence-electron chi connectivity index (χ0n) is 9.33. The van der Waals surface area contributed by atoms with E-state index in [2.05, 4.69) is 16.8 Å². The summed E-state index contributed by atoms with van der Waals surface area (Å²) in [6.45, 7) is 7.05. The molecular formula is C10H21N3. The van der Waals surface area contributed by atoms with E-state index in [0.29, 0.717) is 11.8 Å². The third-order valence-corrected chi connectivity index (χ3v) is 1.59. The highest BCUT2D eigenvalue weighted by atomic mass is 15.0. The molecule has 0 atom stereocenters. The zero-order valence-corrected chi connectivity index (χ0v) is 9.33. The molecule has 2 N–H and O–H groups in total. The van der Waals surface area contributed by atoms with Crippen molar-refractivity contribution >= 4 is 5.84 Å². The van der Waals surface area contributed by atoms with Gasteiger partial charge in [-0.2, -0.15) is 0 Å². The molecule has 0 aliphatic rings. The summed E-state index contributed by atoms with van der Waals surface area (Å²) < 4.78 is 0. The van der Waals surface area contributed by atoms with E-state index in [9.17, 15) is 0 Å². The van der Waals surface area contributed by atoms with Gasteiger partial charge in [-0.25, -0.2) is 4.99 Å². The molecule has 0 unspecified atom stereocenters. The number of nitrogens with two attached hydrogens (primary N) is 1. The van der Waals surface area contributed by atoms with Crippen LogP contribution in [0.3, 0.4) is 0 Å². The summed E-state index contributed by atoms with van der Waals surface area (Å²) in [5.74, 6) is 1.02. The maximum atomic E-state index is 5.69. The number of nitrogens with zero attached hydrogens (tertiary/aromatic N) is 2. The molecule has 0 aliphatic carbocycles.